The summed E-state index contributed by atoms with van der Waals surface area (Å²) in [4.78, 5) is 16.4. The Hall–Kier alpha value is -1.63. The lowest BCUT2D eigenvalue weighted by Crippen LogP contribution is -2.11. The molecule has 2 aromatic carbocycles. The molecule has 124 valence electrons. The van der Waals surface area contributed by atoms with E-state index in [1.54, 1.807) is 23.1 Å². The van der Waals surface area contributed by atoms with Crippen molar-refractivity contribution in [2.75, 3.05) is 11.1 Å². The van der Waals surface area contributed by atoms with Gasteiger partial charge in [0.1, 0.15) is 5.82 Å². The Balaban J connectivity index is 1.44. The number of thiazole rings is 1. The Morgan fingerprint density at radius 2 is 2.12 bits per heavy atom. The first-order chi connectivity index (χ1) is 11.6. The van der Waals surface area contributed by atoms with Gasteiger partial charge in [-0.05, 0) is 36.8 Å². The molecule has 0 fully saturated rings. The summed E-state index contributed by atoms with van der Waals surface area (Å²) in [6, 6.07) is 12.2. The van der Waals surface area contributed by atoms with Gasteiger partial charge in [0.25, 0.3) is 0 Å². The minimum atomic E-state index is -0.498. The van der Waals surface area contributed by atoms with Crippen molar-refractivity contribution in [2.45, 2.75) is 17.2 Å². The molecule has 1 aromatic heterocycles. The van der Waals surface area contributed by atoms with E-state index in [9.17, 15) is 9.18 Å². The second-order valence-electron chi connectivity index (χ2n) is 5.08. The van der Waals surface area contributed by atoms with Crippen molar-refractivity contribution in [3.63, 3.8) is 0 Å². The number of fused-ring (bicyclic) bond motifs is 1. The van der Waals surface area contributed by atoms with Gasteiger partial charge in [0.15, 0.2) is 4.34 Å². The van der Waals surface area contributed by atoms with Crippen LogP contribution in [0.4, 0.5) is 10.1 Å². The lowest BCUT2D eigenvalue weighted by Gasteiger charge is -2.05. The first-order valence-electron chi connectivity index (χ1n) is 7.35. The first-order valence-corrected chi connectivity index (χ1v) is 9.53. The molecule has 0 aliphatic carbocycles. The highest BCUT2D eigenvalue weighted by molar-refractivity contribution is 8.01. The van der Waals surface area contributed by atoms with E-state index in [1.165, 1.54) is 22.9 Å². The molecule has 1 heterocycles. The van der Waals surface area contributed by atoms with Gasteiger partial charge in [0.05, 0.1) is 15.2 Å². The molecule has 1 amide bonds. The van der Waals surface area contributed by atoms with Crippen LogP contribution in [0.1, 0.15) is 12.8 Å². The maximum absolute atomic E-state index is 13.1. The van der Waals surface area contributed by atoms with Gasteiger partial charge in [0, 0.05) is 17.9 Å². The number of amides is 1. The number of rotatable bonds is 6. The fraction of sp³-hybridized carbons (Fsp3) is 0.176. The van der Waals surface area contributed by atoms with Crippen LogP contribution in [-0.2, 0) is 4.79 Å². The summed E-state index contributed by atoms with van der Waals surface area (Å²) < 4.78 is 15.3. The third-order valence-electron chi connectivity index (χ3n) is 3.25. The molecule has 0 aliphatic rings. The number of hydrogen-bond donors (Lipinski definition) is 1. The SMILES string of the molecule is O=C(CCCSc1nc2ccccc2s1)Nc1ccc(F)c(Cl)c1. The maximum Gasteiger partial charge on any atom is 0.224 e. The van der Waals surface area contributed by atoms with E-state index in [0.29, 0.717) is 12.1 Å². The van der Waals surface area contributed by atoms with Gasteiger partial charge in [-0.2, -0.15) is 0 Å². The Morgan fingerprint density at radius 3 is 2.92 bits per heavy atom. The number of aromatic nitrogens is 1. The highest BCUT2D eigenvalue weighted by Crippen LogP contribution is 2.29. The van der Waals surface area contributed by atoms with Gasteiger partial charge in [-0.1, -0.05) is 35.5 Å². The number of hydrogen-bond acceptors (Lipinski definition) is 4. The van der Waals surface area contributed by atoms with Gasteiger partial charge in [-0.15, -0.1) is 11.3 Å². The number of halogens is 2. The predicted molar refractivity (Wildman–Crippen MR) is 99.6 cm³/mol. The van der Waals surface area contributed by atoms with Crippen LogP contribution in [0.3, 0.4) is 0 Å². The van der Waals surface area contributed by atoms with E-state index in [1.807, 2.05) is 18.2 Å². The Morgan fingerprint density at radius 1 is 1.29 bits per heavy atom. The maximum atomic E-state index is 13.1. The summed E-state index contributed by atoms with van der Waals surface area (Å²) in [5.74, 6) is 0.210. The number of nitrogens with zero attached hydrogens (tertiary/aromatic N) is 1. The minimum Gasteiger partial charge on any atom is -0.326 e. The van der Waals surface area contributed by atoms with E-state index in [4.69, 9.17) is 11.6 Å². The zero-order chi connectivity index (χ0) is 16.9. The summed E-state index contributed by atoms with van der Waals surface area (Å²) in [6.07, 6.45) is 1.13. The molecule has 0 radical (unpaired) electrons. The van der Waals surface area contributed by atoms with Crippen LogP contribution in [0.2, 0.25) is 5.02 Å². The molecule has 1 N–H and O–H groups in total. The molecule has 3 nitrogen and oxygen atoms in total. The van der Waals surface area contributed by atoms with E-state index < -0.39 is 5.82 Å². The van der Waals surface area contributed by atoms with Gasteiger partial charge >= 0.3 is 0 Å². The summed E-state index contributed by atoms with van der Waals surface area (Å²) in [6.45, 7) is 0. The average Bonchev–Trinajstić information content (AvgIpc) is 2.98. The predicted octanol–water partition coefficient (Wildman–Crippen LogP) is 5.60. The third-order valence-corrected chi connectivity index (χ3v) is 5.81. The van der Waals surface area contributed by atoms with Crippen molar-refractivity contribution in [1.29, 1.82) is 0 Å². The fourth-order valence-electron chi connectivity index (χ4n) is 2.10. The quantitative estimate of drug-likeness (QED) is 0.447. The molecule has 0 saturated heterocycles. The number of carbonyl (C=O) groups is 1. The Kier molecular flexibility index (Phi) is 5.71. The van der Waals surface area contributed by atoms with Crippen molar-refractivity contribution in [1.82, 2.24) is 4.98 Å². The van der Waals surface area contributed by atoms with Gasteiger partial charge < -0.3 is 5.32 Å². The normalized spacial score (nSPS) is 10.9. The van der Waals surface area contributed by atoms with E-state index in [0.717, 1.165) is 22.0 Å². The zero-order valence-electron chi connectivity index (χ0n) is 12.6. The van der Waals surface area contributed by atoms with Crippen LogP contribution in [0.25, 0.3) is 10.2 Å². The summed E-state index contributed by atoms with van der Waals surface area (Å²) in [5, 5.41) is 2.72. The fourth-order valence-corrected chi connectivity index (χ4v) is 4.36. The number of para-hydroxylation sites is 1. The average molecular weight is 381 g/mol. The second kappa shape index (κ2) is 7.96. The number of nitrogens with one attached hydrogen (secondary N) is 1. The lowest BCUT2D eigenvalue weighted by molar-refractivity contribution is -0.116. The third kappa shape index (κ3) is 4.47. The highest BCUT2D eigenvalue weighted by atomic mass is 35.5. The summed E-state index contributed by atoms with van der Waals surface area (Å²) >= 11 is 9.01. The van der Waals surface area contributed by atoms with Crippen molar-refractivity contribution in [3.05, 3.63) is 53.3 Å². The molecule has 0 aliphatic heterocycles. The Labute approximate surface area is 152 Å². The standard InChI is InChI=1S/C17H14ClFN2OS2/c18-12-10-11(7-8-13(12)19)20-16(22)6-3-9-23-17-21-14-4-1-2-5-15(14)24-17/h1-2,4-5,7-8,10H,3,6,9H2,(H,20,22). The minimum absolute atomic E-state index is 0.000749. The van der Waals surface area contributed by atoms with Crippen LogP contribution in [0.15, 0.2) is 46.8 Å². The summed E-state index contributed by atoms with van der Waals surface area (Å²) in [5.41, 5.74) is 1.51. The second-order valence-corrected chi connectivity index (χ2v) is 7.86. The van der Waals surface area contributed by atoms with Crippen LogP contribution in [0.5, 0.6) is 0 Å². The molecule has 0 bridgehead atoms. The summed E-state index contributed by atoms with van der Waals surface area (Å²) in [7, 11) is 0. The van der Waals surface area contributed by atoms with Crippen molar-refractivity contribution in [3.8, 4) is 0 Å². The van der Waals surface area contributed by atoms with Crippen molar-refractivity contribution >= 4 is 56.5 Å². The molecule has 3 rings (SSSR count). The molecule has 0 spiro atoms. The number of carbonyl (C=O) groups excluding carboxylic acids is 1. The van der Waals surface area contributed by atoms with Crippen LogP contribution in [-0.4, -0.2) is 16.6 Å². The number of anilines is 1. The highest BCUT2D eigenvalue weighted by Gasteiger charge is 2.07. The largest absolute Gasteiger partial charge is 0.326 e. The van der Waals surface area contributed by atoms with Gasteiger partial charge in [0.2, 0.25) is 5.91 Å². The topological polar surface area (TPSA) is 42.0 Å². The molecular formula is C17H14ClFN2OS2. The van der Waals surface area contributed by atoms with E-state index >= 15 is 0 Å². The van der Waals surface area contributed by atoms with E-state index in [-0.39, 0.29) is 10.9 Å². The first kappa shape index (κ1) is 17.2. The van der Waals surface area contributed by atoms with Crippen LogP contribution in [0, 0.1) is 5.82 Å². The van der Waals surface area contributed by atoms with Crippen LogP contribution < -0.4 is 5.32 Å². The van der Waals surface area contributed by atoms with Gasteiger partial charge in [-0.3, -0.25) is 4.79 Å². The Bertz CT molecular complexity index is 836. The molecule has 0 saturated carbocycles. The van der Waals surface area contributed by atoms with Crippen molar-refractivity contribution in [2.24, 2.45) is 0 Å². The van der Waals surface area contributed by atoms with Crippen LogP contribution >= 0.6 is 34.7 Å². The molecular weight excluding hydrogens is 367 g/mol. The molecule has 24 heavy (non-hydrogen) atoms. The number of benzene rings is 2. The van der Waals surface area contributed by atoms with Crippen molar-refractivity contribution < 1.29 is 9.18 Å². The smallest absolute Gasteiger partial charge is 0.224 e. The molecule has 7 heteroatoms. The zero-order valence-corrected chi connectivity index (χ0v) is 15.0. The lowest BCUT2D eigenvalue weighted by atomic mass is 10.2. The molecule has 0 unspecified atom stereocenters. The molecule has 3 aromatic rings. The van der Waals surface area contributed by atoms with E-state index in [2.05, 4.69) is 16.4 Å². The number of thioether (sulfide) groups is 1. The van der Waals surface area contributed by atoms with Gasteiger partial charge in [-0.25, -0.2) is 9.37 Å². The monoisotopic (exact) mass is 380 g/mol. The molecule has 0 atom stereocenters.